The van der Waals surface area contributed by atoms with Gasteiger partial charge in [0.25, 0.3) is 5.91 Å². The highest BCUT2D eigenvalue weighted by molar-refractivity contribution is 7.98. The maximum Gasteiger partial charge on any atom is 0.252 e. The Labute approximate surface area is 172 Å². The molecular weight excluding hydrogens is 384 g/mol. The Morgan fingerprint density at radius 2 is 1.97 bits per heavy atom. The molecule has 0 aliphatic rings. The molecule has 2 aromatic heterocycles. The first-order valence-corrected chi connectivity index (χ1v) is 10.8. The zero-order valence-corrected chi connectivity index (χ0v) is 17.1. The Balaban J connectivity index is 1.73. The molecule has 0 saturated heterocycles. The molecule has 6 nitrogen and oxygen atoms in total. The van der Waals surface area contributed by atoms with E-state index in [0.717, 1.165) is 34.4 Å². The van der Waals surface area contributed by atoms with Crippen LogP contribution >= 0.6 is 11.8 Å². The predicted molar refractivity (Wildman–Crippen MR) is 118 cm³/mol. The lowest BCUT2D eigenvalue weighted by molar-refractivity contribution is 0.0935. The van der Waals surface area contributed by atoms with Crippen LogP contribution in [-0.2, 0) is 7.05 Å². The van der Waals surface area contributed by atoms with Crippen LogP contribution < -0.4 is 10.9 Å². The number of hydrogen-bond donors (Lipinski definition) is 2. The first-order chi connectivity index (χ1) is 14.1. The molecule has 0 aliphatic carbocycles. The molecule has 2 N–H and O–H groups in total. The predicted octanol–water partition coefficient (Wildman–Crippen LogP) is 3.64. The first kappa shape index (κ1) is 19.3. The standard InChI is InChI=1S/C22H22N4O2S/c1-26-19-10-6-5-9-17(19)24-21(26)18(11-12-29-2)25-22(28)15-13-20(27)23-16-8-4-3-7-14(15)16/h3-10,13,18H,11-12H2,1-2H3,(H,23,27)(H,25,28)/t18-/m0/s1. The van der Waals surface area contributed by atoms with Crippen molar-refractivity contribution in [2.24, 2.45) is 7.05 Å². The van der Waals surface area contributed by atoms with E-state index in [0.29, 0.717) is 11.1 Å². The van der Waals surface area contributed by atoms with Gasteiger partial charge in [0.2, 0.25) is 5.56 Å². The van der Waals surface area contributed by atoms with Gasteiger partial charge in [0, 0.05) is 24.0 Å². The number of H-pyrrole nitrogens is 1. The van der Waals surface area contributed by atoms with Gasteiger partial charge < -0.3 is 14.9 Å². The number of nitrogens with zero attached hydrogens (tertiary/aromatic N) is 2. The van der Waals surface area contributed by atoms with Crippen molar-refractivity contribution in [3.05, 3.63) is 76.3 Å². The lowest BCUT2D eigenvalue weighted by Gasteiger charge is -2.19. The molecule has 0 radical (unpaired) electrons. The number of pyridine rings is 1. The SMILES string of the molecule is CSCC[C@H](NC(=O)c1cc(=O)[nH]c2ccccc12)c1nc2ccccc2n1C. The Kier molecular flexibility index (Phi) is 5.40. The number of para-hydroxylation sites is 3. The first-order valence-electron chi connectivity index (χ1n) is 9.41. The van der Waals surface area contributed by atoms with Crippen molar-refractivity contribution >= 4 is 39.6 Å². The summed E-state index contributed by atoms with van der Waals surface area (Å²) in [7, 11) is 1.96. The fourth-order valence-electron chi connectivity index (χ4n) is 3.61. The van der Waals surface area contributed by atoms with Crippen molar-refractivity contribution in [2.45, 2.75) is 12.5 Å². The highest BCUT2D eigenvalue weighted by Crippen LogP contribution is 2.24. The summed E-state index contributed by atoms with van der Waals surface area (Å²) in [5, 5.41) is 3.84. The quantitative estimate of drug-likeness (QED) is 0.512. The maximum absolute atomic E-state index is 13.2. The van der Waals surface area contributed by atoms with E-state index in [1.54, 1.807) is 17.8 Å². The molecule has 0 aliphatic heterocycles. The lowest BCUT2D eigenvalue weighted by atomic mass is 10.1. The topological polar surface area (TPSA) is 79.8 Å². The van der Waals surface area contributed by atoms with Gasteiger partial charge in [-0.25, -0.2) is 4.98 Å². The number of aryl methyl sites for hydroxylation is 1. The van der Waals surface area contributed by atoms with Gasteiger partial charge in [0.05, 0.1) is 22.6 Å². The van der Waals surface area contributed by atoms with E-state index >= 15 is 0 Å². The third-order valence-electron chi connectivity index (χ3n) is 5.04. The number of nitrogens with one attached hydrogen (secondary N) is 2. The van der Waals surface area contributed by atoms with E-state index < -0.39 is 0 Å². The van der Waals surface area contributed by atoms with Crippen LogP contribution in [0.3, 0.4) is 0 Å². The average Bonchev–Trinajstić information content (AvgIpc) is 3.07. The van der Waals surface area contributed by atoms with Crippen LogP contribution in [0.25, 0.3) is 21.9 Å². The summed E-state index contributed by atoms with van der Waals surface area (Å²) >= 11 is 1.72. The number of benzene rings is 2. The largest absolute Gasteiger partial charge is 0.342 e. The number of carbonyl (C=O) groups excluding carboxylic acids is 1. The zero-order valence-electron chi connectivity index (χ0n) is 16.3. The minimum Gasteiger partial charge on any atom is -0.342 e. The molecular formula is C22H22N4O2S. The van der Waals surface area contributed by atoms with Gasteiger partial charge in [0.1, 0.15) is 5.82 Å². The molecule has 4 rings (SSSR count). The molecule has 29 heavy (non-hydrogen) atoms. The molecule has 148 valence electrons. The molecule has 1 atom stereocenters. The van der Waals surface area contributed by atoms with E-state index in [9.17, 15) is 9.59 Å². The monoisotopic (exact) mass is 406 g/mol. The number of thioether (sulfide) groups is 1. The number of imidazole rings is 1. The molecule has 0 bridgehead atoms. The smallest absolute Gasteiger partial charge is 0.252 e. The molecule has 2 heterocycles. The Morgan fingerprint density at radius 3 is 2.76 bits per heavy atom. The number of hydrogen-bond acceptors (Lipinski definition) is 4. The second kappa shape index (κ2) is 8.13. The molecule has 0 fully saturated rings. The van der Waals surface area contributed by atoms with Gasteiger partial charge in [-0.1, -0.05) is 30.3 Å². The fourth-order valence-corrected chi connectivity index (χ4v) is 4.08. The number of aromatic nitrogens is 3. The van der Waals surface area contributed by atoms with Gasteiger partial charge in [-0.15, -0.1) is 0 Å². The van der Waals surface area contributed by atoms with Crippen LogP contribution in [0.1, 0.15) is 28.6 Å². The van der Waals surface area contributed by atoms with Crippen molar-refractivity contribution in [2.75, 3.05) is 12.0 Å². The average molecular weight is 407 g/mol. The zero-order chi connectivity index (χ0) is 20.4. The highest BCUT2D eigenvalue weighted by atomic mass is 32.2. The van der Waals surface area contributed by atoms with Crippen molar-refractivity contribution in [3.63, 3.8) is 0 Å². The number of amides is 1. The van der Waals surface area contributed by atoms with E-state index in [2.05, 4.69) is 10.3 Å². The second-order valence-electron chi connectivity index (χ2n) is 6.92. The summed E-state index contributed by atoms with van der Waals surface area (Å²) < 4.78 is 2.02. The Hall–Kier alpha value is -3.06. The second-order valence-corrected chi connectivity index (χ2v) is 7.90. The normalized spacial score (nSPS) is 12.3. The van der Waals surface area contributed by atoms with Crippen molar-refractivity contribution in [3.8, 4) is 0 Å². The van der Waals surface area contributed by atoms with Gasteiger partial charge in [-0.2, -0.15) is 11.8 Å². The number of rotatable bonds is 6. The van der Waals surface area contributed by atoms with Crippen LogP contribution in [0.15, 0.2) is 59.4 Å². The Bertz CT molecular complexity index is 1240. The van der Waals surface area contributed by atoms with E-state index in [1.165, 1.54) is 6.07 Å². The number of carbonyl (C=O) groups is 1. The van der Waals surface area contributed by atoms with Gasteiger partial charge in [-0.05, 0) is 36.6 Å². The number of aromatic amines is 1. The summed E-state index contributed by atoms with van der Waals surface area (Å²) in [6.07, 6.45) is 2.78. The van der Waals surface area contributed by atoms with Crippen LogP contribution in [0.4, 0.5) is 0 Å². The van der Waals surface area contributed by atoms with Crippen molar-refractivity contribution < 1.29 is 4.79 Å². The third-order valence-corrected chi connectivity index (χ3v) is 5.69. The summed E-state index contributed by atoms with van der Waals surface area (Å²) in [4.78, 5) is 32.8. The van der Waals surface area contributed by atoms with Gasteiger partial charge >= 0.3 is 0 Å². The minimum atomic E-state index is -0.294. The molecule has 1 amide bonds. The summed E-state index contributed by atoms with van der Waals surface area (Å²) in [6.45, 7) is 0. The van der Waals surface area contributed by atoms with Crippen LogP contribution in [-0.4, -0.2) is 32.5 Å². The van der Waals surface area contributed by atoms with Crippen LogP contribution in [0.5, 0.6) is 0 Å². The maximum atomic E-state index is 13.2. The van der Waals surface area contributed by atoms with E-state index in [4.69, 9.17) is 4.98 Å². The molecule has 2 aromatic carbocycles. The van der Waals surface area contributed by atoms with Crippen LogP contribution in [0, 0.1) is 0 Å². The Morgan fingerprint density at radius 1 is 1.21 bits per heavy atom. The fraction of sp³-hybridized carbons (Fsp3) is 0.227. The van der Waals surface area contributed by atoms with Crippen molar-refractivity contribution in [1.82, 2.24) is 19.9 Å². The molecule has 0 unspecified atom stereocenters. The van der Waals surface area contributed by atoms with Crippen molar-refractivity contribution in [1.29, 1.82) is 0 Å². The third kappa shape index (κ3) is 3.78. The number of fused-ring (bicyclic) bond motifs is 2. The highest BCUT2D eigenvalue weighted by Gasteiger charge is 2.22. The summed E-state index contributed by atoms with van der Waals surface area (Å²) in [5.41, 5.74) is 2.64. The van der Waals surface area contributed by atoms with Gasteiger partial charge in [-0.3, -0.25) is 9.59 Å². The van der Waals surface area contributed by atoms with Gasteiger partial charge in [0.15, 0.2) is 0 Å². The molecule has 4 aromatic rings. The molecule has 7 heteroatoms. The van der Waals surface area contributed by atoms with E-state index in [1.807, 2.05) is 60.3 Å². The lowest BCUT2D eigenvalue weighted by Crippen LogP contribution is -2.31. The molecule has 0 saturated carbocycles. The summed E-state index contributed by atoms with van der Waals surface area (Å²) in [6, 6.07) is 16.3. The van der Waals surface area contributed by atoms with E-state index in [-0.39, 0.29) is 17.5 Å². The molecule has 0 spiro atoms. The van der Waals surface area contributed by atoms with Crippen LogP contribution in [0.2, 0.25) is 0 Å². The summed E-state index contributed by atoms with van der Waals surface area (Å²) in [5.74, 6) is 1.41. The minimum absolute atomic E-state index is 0.259.